The van der Waals surface area contributed by atoms with Crippen LogP contribution in [0.3, 0.4) is 0 Å². The van der Waals surface area contributed by atoms with E-state index in [1.807, 2.05) is 13.8 Å². The number of aromatic carboxylic acids is 2. The summed E-state index contributed by atoms with van der Waals surface area (Å²) in [4.78, 5) is 31.1. The number of rotatable bonds is 5. The third-order valence-electron chi connectivity index (χ3n) is 2.72. The van der Waals surface area contributed by atoms with Crippen molar-refractivity contribution in [3.05, 3.63) is 35.4 Å². The molecule has 0 radical (unpaired) electrons. The topological polar surface area (TPSA) is 112 Å². The van der Waals surface area contributed by atoms with Crippen molar-refractivity contribution in [2.75, 3.05) is 0 Å². The molecule has 0 aromatic heterocycles. The van der Waals surface area contributed by atoms with Crippen LogP contribution in [0.25, 0.3) is 0 Å². The normalized spacial score (nSPS) is 9.55. The van der Waals surface area contributed by atoms with E-state index >= 15 is 0 Å². The fourth-order valence-electron chi connectivity index (χ4n) is 1.49. The fourth-order valence-corrected chi connectivity index (χ4v) is 1.49. The number of hydrogen-bond donors (Lipinski definition) is 3. The van der Waals surface area contributed by atoms with Gasteiger partial charge in [0, 0.05) is 0 Å². The molecule has 0 heterocycles. The van der Waals surface area contributed by atoms with Crippen LogP contribution in [-0.2, 0) is 4.79 Å². The molecule has 1 rings (SSSR count). The number of benzene rings is 1. The van der Waals surface area contributed by atoms with Crippen LogP contribution in [0.2, 0.25) is 0 Å². The zero-order chi connectivity index (χ0) is 15.7. The van der Waals surface area contributed by atoms with E-state index in [9.17, 15) is 14.4 Å². The van der Waals surface area contributed by atoms with E-state index in [1.165, 1.54) is 24.3 Å². The van der Waals surface area contributed by atoms with E-state index in [2.05, 4.69) is 0 Å². The standard InChI is InChI=1S/C8H6O4.C6H12O2/c9-7(10)5-3-1-2-4-6(5)8(11)12;1-3-5(4-2)6(7)8/h1-4H,(H,9,10)(H,11,12);5H,3-4H2,1-2H3,(H,7,8). The first-order valence-electron chi connectivity index (χ1n) is 6.13. The zero-order valence-corrected chi connectivity index (χ0v) is 11.4. The van der Waals surface area contributed by atoms with Crippen molar-refractivity contribution in [3.63, 3.8) is 0 Å². The summed E-state index contributed by atoms with van der Waals surface area (Å²) in [6.45, 7) is 3.78. The molecular weight excluding hydrogens is 264 g/mol. The van der Waals surface area contributed by atoms with E-state index in [-0.39, 0.29) is 17.0 Å². The molecule has 110 valence electrons. The highest BCUT2D eigenvalue weighted by atomic mass is 16.4. The van der Waals surface area contributed by atoms with Gasteiger partial charge < -0.3 is 15.3 Å². The number of carboxylic acids is 3. The summed E-state index contributed by atoms with van der Waals surface area (Å²) < 4.78 is 0. The Morgan fingerprint density at radius 2 is 1.25 bits per heavy atom. The maximum Gasteiger partial charge on any atom is 0.336 e. The maximum atomic E-state index is 10.5. The highest BCUT2D eigenvalue weighted by molar-refractivity contribution is 6.01. The van der Waals surface area contributed by atoms with E-state index in [1.54, 1.807) is 0 Å². The van der Waals surface area contributed by atoms with Crippen molar-refractivity contribution in [1.29, 1.82) is 0 Å². The fraction of sp³-hybridized carbons (Fsp3) is 0.357. The summed E-state index contributed by atoms with van der Waals surface area (Å²) in [6, 6.07) is 5.48. The van der Waals surface area contributed by atoms with Gasteiger partial charge in [0.05, 0.1) is 17.0 Å². The van der Waals surface area contributed by atoms with Gasteiger partial charge >= 0.3 is 17.9 Å². The first-order valence-corrected chi connectivity index (χ1v) is 6.13. The molecule has 0 saturated heterocycles. The second-order valence-electron chi connectivity index (χ2n) is 4.01. The smallest absolute Gasteiger partial charge is 0.336 e. The van der Waals surface area contributed by atoms with Crippen molar-refractivity contribution in [2.24, 2.45) is 5.92 Å². The van der Waals surface area contributed by atoms with Crippen LogP contribution in [0.4, 0.5) is 0 Å². The van der Waals surface area contributed by atoms with Crippen LogP contribution in [-0.4, -0.2) is 33.2 Å². The third-order valence-corrected chi connectivity index (χ3v) is 2.72. The van der Waals surface area contributed by atoms with Gasteiger partial charge in [-0.05, 0) is 25.0 Å². The number of aliphatic carboxylic acids is 1. The molecule has 0 atom stereocenters. The maximum absolute atomic E-state index is 10.5. The Morgan fingerprint density at radius 3 is 1.40 bits per heavy atom. The second-order valence-corrected chi connectivity index (χ2v) is 4.01. The van der Waals surface area contributed by atoms with Gasteiger partial charge in [-0.3, -0.25) is 4.79 Å². The Bertz CT molecular complexity index is 443. The molecule has 3 N–H and O–H groups in total. The molecule has 0 amide bonds. The first kappa shape index (κ1) is 17.6. The molecule has 20 heavy (non-hydrogen) atoms. The van der Waals surface area contributed by atoms with Gasteiger partial charge in [-0.2, -0.15) is 0 Å². The quantitative estimate of drug-likeness (QED) is 0.765. The third kappa shape index (κ3) is 5.51. The van der Waals surface area contributed by atoms with Crippen LogP contribution >= 0.6 is 0 Å². The van der Waals surface area contributed by atoms with Crippen LogP contribution in [0.5, 0.6) is 0 Å². The van der Waals surface area contributed by atoms with E-state index in [4.69, 9.17) is 15.3 Å². The predicted octanol–water partition coefficient (Wildman–Crippen LogP) is 2.59. The lowest BCUT2D eigenvalue weighted by Gasteiger charge is -2.02. The lowest BCUT2D eigenvalue weighted by Crippen LogP contribution is -2.10. The van der Waals surface area contributed by atoms with Crippen LogP contribution in [0.15, 0.2) is 24.3 Å². The molecule has 0 aliphatic carbocycles. The van der Waals surface area contributed by atoms with Crippen molar-refractivity contribution >= 4 is 17.9 Å². The van der Waals surface area contributed by atoms with Crippen molar-refractivity contribution in [1.82, 2.24) is 0 Å². The van der Waals surface area contributed by atoms with Crippen molar-refractivity contribution in [2.45, 2.75) is 26.7 Å². The van der Waals surface area contributed by atoms with Gasteiger partial charge in [0.2, 0.25) is 0 Å². The highest BCUT2D eigenvalue weighted by Gasteiger charge is 2.13. The van der Waals surface area contributed by atoms with Crippen LogP contribution in [0, 0.1) is 5.92 Å². The minimum absolute atomic E-state index is 0.130. The molecule has 6 heteroatoms. The Labute approximate surface area is 116 Å². The summed E-state index contributed by atoms with van der Waals surface area (Å²) in [5, 5.41) is 25.5. The van der Waals surface area contributed by atoms with Crippen molar-refractivity contribution in [3.8, 4) is 0 Å². The van der Waals surface area contributed by atoms with Crippen LogP contribution < -0.4 is 0 Å². The molecule has 0 spiro atoms. The highest BCUT2D eigenvalue weighted by Crippen LogP contribution is 2.08. The molecule has 6 nitrogen and oxygen atoms in total. The average Bonchev–Trinajstić information content (AvgIpc) is 2.40. The second kappa shape index (κ2) is 8.68. The molecule has 0 unspecified atom stereocenters. The minimum atomic E-state index is -1.23. The minimum Gasteiger partial charge on any atom is -0.481 e. The van der Waals surface area contributed by atoms with E-state index < -0.39 is 17.9 Å². The van der Waals surface area contributed by atoms with Gasteiger partial charge in [-0.1, -0.05) is 26.0 Å². The average molecular weight is 282 g/mol. The summed E-state index contributed by atoms with van der Waals surface area (Å²) in [5.74, 6) is -3.26. The number of hydrogen-bond acceptors (Lipinski definition) is 3. The largest absolute Gasteiger partial charge is 0.481 e. The SMILES string of the molecule is CCC(CC)C(=O)O.O=C(O)c1ccccc1C(=O)O. The summed E-state index contributed by atoms with van der Waals surface area (Å²) in [5.41, 5.74) is -0.380. The summed E-state index contributed by atoms with van der Waals surface area (Å²) >= 11 is 0. The number of carboxylic acid groups (broad SMARTS) is 3. The van der Waals surface area contributed by atoms with Crippen LogP contribution in [0.1, 0.15) is 47.4 Å². The van der Waals surface area contributed by atoms with E-state index in [0.29, 0.717) is 0 Å². The zero-order valence-electron chi connectivity index (χ0n) is 11.4. The Kier molecular flexibility index (Phi) is 7.65. The summed E-state index contributed by atoms with van der Waals surface area (Å²) in [6.07, 6.45) is 1.48. The summed E-state index contributed by atoms with van der Waals surface area (Å²) in [7, 11) is 0. The van der Waals surface area contributed by atoms with Gasteiger partial charge in [0.25, 0.3) is 0 Å². The van der Waals surface area contributed by atoms with Gasteiger partial charge in [-0.15, -0.1) is 0 Å². The molecule has 1 aromatic carbocycles. The molecule has 0 aliphatic rings. The molecule has 1 aromatic rings. The van der Waals surface area contributed by atoms with Crippen molar-refractivity contribution < 1.29 is 29.7 Å². The van der Waals surface area contributed by atoms with Gasteiger partial charge in [0.15, 0.2) is 0 Å². The Balaban J connectivity index is 0.000000396. The van der Waals surface area contributed by atoms with Gasteiger partial charge in [-0.25, -0.2) is 9.59 Å². The first-order chi connectivity index (χ1) is 9.34. The van der Waals surface area contributed by atoms with E-state index in [0.717, 1.165) is 12.8 Å². The monoisotopic (exact) mass is 282 g/mol. The molecule has 0 bridgehead atoms. The number of carbonyl (C=O) groups is 3. The lowest BCUT2D eigenvalue weighted by atomic mass is 10.1. The van der Waals surface area contributed by atoms with Gasteiger partial charge in [0.1, 0.15) is 0 Å². The molecular formula is C14H18O6. The molecule has 0 fully saturated rings. The molecule has 0 aliphatic heterocycles. The molecule has 0 saturated carbocycles. The predicted molar refractivity (Wildman–Crippen MR) is 72.1 cm³/mol. The lowest BCUT2D eigenvalue weighted by molar-refractivity contribution is -0.141. The Morgan fingerprint density at radius 1 is 0.900 bits per heavy atom. The Hall–Kier alpha value is -2.37.